The zero-order valence-corrected chi connectivity index (χ0v) is 10.0. The average molecular weight is 225 g/mol. The summed E-state index contributed by atoms with van der Waals surface area (Å²) in [5.74, 6) is -0.130. The number of amides is 1. The molecule has 0 aliphatic rings. The largest absolute Gasteiger partial charge is 0.348 e. The van der Waals surface area contributed by atoms with Gasteiger partial charge in [-0.15, -0.1) is 11.7 Å². The predicted octanol–water partition coefficient (Wildman–Crippen LogP) is 1.75. The van der Waals surface area contributed by atoms with Gasteiger partial charge in [0.25, 0.3) is 5.91 Å². The van der Waals surface area contributed by atoms with Gasteiger partial charge in [-0.1, -0.05) is 31.3 Å². The number of hydrogen-bond donors (Lipinski definition) is 1. The van der Waals surface area contributed by atoms with Crippen molar-refractivity contribution in [2.24, 2.45) is 0 Å². The molecule has 1 aromatic heterocycles. The molecule has 0 aliphatic heterocycles. The molecule has 0 spiro atoms. The Kier molecular flexibility index (Phi) is 3.57. The maximum atomic E-state index is 11.7. The van der Waals surface area contributed by atoms with E-state index in [1.165, 1.54) is 0 Å². The lowest BCUT2D eigenvalue weighted by Gasteiger charge is -2.15. The number of hydrogen-bond acceptors (Lipinski definition) is 4. The van der Waals surface area contributed by atoms with Gasteiger partial charge in [-0.2, -0.15) is 0 Å². The quantitative estimate of drug-likeness (QED) is 0.797. The fourth-order valence-corrected chi connectivity index (χ4v) is 1.87. The van der Waals surface area contributed by atoms with E-state index in [0.29, 0.717) is 11.4 Å². The van der Waals surface area contributed by atoms with Crippen LogP contribution < -0.4 is 5.32 Å². The Bertz CT molecular complexity index is 365. The van der Waals surface area contributed by atoms with Crippen LogP contribution >= 0.6 is 11.5 Å². The third-order valence-corrected chi connectivity index (χ3v) is 2.54. The molecule has 1 heterocycles. The van der Waals surface area contributed by atoms with E-state index in [0.717, 1.165) is 17.2 Å². The molecule has 1 amide bonds. The highest BCUT2D eigenvalue weighted by atomic mass is 32.1. The highest BCUT2D eigenvalue weighted by molar-refractivity contribution is 7.08. The predicted molar refractivity (Wildman–Crippen MR) is 61.1 cm³/mol. The van der Waals surface area contributed by atoms with Crippen molar-refractivity contribution in [2.45, 2.75) is 26.2 Å². The van der Waals surface area contributed by atoms with Crippen molar-refractivity contribution in [1.29, 1.82) is 0 Å². The van der Waals surface area contributed by atoms with Gasteiger partial charge in [-0.3, -0.25) is 4.79 Å². The van der Waals surface area contributed by atoms with Gasteiger partial charge < -0.3 is 5.32 Å². The number of nitrogens with zero attached hydrogens (tertiary/aromatic N) is 2. The Morgan fingerprint density at radius 3 is 2.80 bits per heavy atom. The Morgan fingerprint density at radius 1 is 1.60 bits per heavy atom. The molecule has 15 heavy (non-hydrogen) atoms. The molecule has 0 bridgehead atoms. The molecule has 0 aliphatic carbocycles. The number of aromatic nitrogens is 2. The first-order chi connectivity index (χ1) is 6.96. The van der Waals surface area contributed by atoms with Crippen molar-refractivity contribution in [3.63, 3.8) is 0 Å². The topological polar surface area (TPSA) is 54.9 Å². The van der Waals surface area contributed by atoms with Crippen LogP contribution in [0.4, 0.5) is 0 Å². The lowest BCUT2D eigenvalue weighted by Crippen LogP contribution is -2.26. The lowest BCUT2D eigenvalue weighted by atomic mass is 9.91. The van der Waals surface area contributed by atoms with Crippen LogP contribution in [0.3, 0.4) is 0 Å². The normalized spacial score (nSPS) is 11.1. The molecule has 1 N–H and O–H groups in total. The molecule has 0 saturated heterocycles. The second-order valence-electron chi connectivity index (χ2n) is 4.20. The molecule has 5 heteroatoms. The van der Waals surface area contributed by atoms with E-state index < -0.39 is 0 Å². The van der Waals surface area contributed by atoms with Crippen LogP contribution in [0.2, 0.25) is 0 Å². The lowest BCUT2D eigenvalue weighted by molar-refractivity contribution is 0.0959. The molecule has 4 nitrogen and oxygen atoms in total. The van der Waals surface area contributed by atoms with E-state index in [4.69, 9.17) is 0 Å². The van der Waals surface area contributed by atoms with Crippen LogP contribution in [0.5, 0.6) is 0 Å². The van der Waals surface area contributed by atoms with E-state index in [9.17, 15) is 4.79 Å². The molecule has 0 unspecified atom stereocenters. The third-order valence-electron chi connectivity index (χ3n) is 1.81. The van der Waals surface area contributed by atoms with Crippen molar-refractivity contribution in [3.05, 3.63) is 23.2 Å². The number of carbonyl (C=O) groups excluding carboxylic acids is 1. The Hall–Kier alpha value is -1.23. The van der Waals surface area contributed by atoms with Crippen LogP contribution in [-0.2, 0) is 5.41 Å². The zero-order valence-electron chi connectivity index (χ0n) is 9.20. The minimum absolute atomic E-state index is 0.130. The van der Waals surface area contributed by atoms with Crippen LogP contribution in [0.25, 0.3) is 0 Å². The van der Waals surface area contributed by atoms with E-state index >= 15 is 0 Å². The number of rotatable bonds is 3. The Morgan fingerprint density at radius 2 is 2.27 bits per heavy atom. The number of carbonyl (C=O) groups is 1. The summed E-state index contributed by atoms with van der Waals surface area (Å²) in [5.41, 5.74) is 0.586. The molecular weight excluding hydrogens is 210 g/mol. The molecule has 0 saturated carbocycles. The van der Waals surface area contributed by atoms with Crippen molar-refractivity contribution < 1.29 is 4.79 Å². The van der Waals surface area contributed by atoms with Gasteiger partial charge in [0.1, 0.15) is 4.88 Å². The van der Waals surface area contributed by atoms with Crippen LogP contribution in [0.1, 0.15) is 36.1 Å². The highest BCUT2D eigenvalue weighted by Crippen LogP contribution is 2.25. The summed E-state index contributed by atoms with van der Waals surface area (Å²) in [7, 11) is 0. The zero-order chi connectivity index (χ0) is 11.5. The monoisotopic (exact) mass is 225 g/mol. The van der Waals surface area contributed by atoms with Crippen LogP contribution in [0.15, 0.2) is 12.7 Å². The van der Waals surface area contributed by atoms with E-state index in [1.807, 2.05) is 20.8 Å². The highest BCUT2D eigenvalue weighted by Gasteiger charge is 2.25. The maximum absolute atomic E-state index is 11.7. The third kappa shape index (κ3) is 2.86. The van der Waals surface area contributed by atoms with Crippen LogP contribution in [0, 0.1) is 0 Å². The summed E-state index contributed by atoms with van der Waals surface area (Å²) in [6.07, 6.45) is 1.64. The van der Waals surface area contributed by atoms with Crippen molar-refractivity contribution in [1.82, 2.24) is 14.9 Å². The van der Waals surface area contributed by atoms with Gasteiger partial charge in [-0.25, -0.2) is 0 Å². The van der Waals surface area contributed by atoms with Crippen molar-refractivity contribution in [3.8, 4) is 0 Å². The van der Waals surface area contributed by atoms with E-state index in [-0.39, 0.29) is 11.3 Å². The van der Waals surface area contributed by atoms with Gasteiger partial charge in [0.2, 0.25) is 0 Å². The maximum Gasteiger partial charge on any atom is 0.265 e. The fraction of sp³-hybridized carbons (Fsp3) is 0.500. The summed E-state index contributed by atoms with van der Waals surface area (Å²) in [4.78, 5) is 12.3. The summed E-state index contributed by atoms with van der Waals surface area (Å²) >= 11 is 1.13. The Labute approximate surface area is 93.6 Å². The molecule has 0 aromatic carbocycles. The molecule has 0 atom stereocenters. The smallest absolute Gasteiger partial charge is 0.265 e. The van der Waals surface area contributed by atoms with E-state index in [1.54, 1.807) is 6.08 Å². The Balaban J connectivity index is 2.90. The van der Waals surface area contributed by atoms with Crippen LogP contribution in [-0.4, -0.2) is 22.0 Å². The van der Waals surface area contributed by atoms with Gasteiger partial charge >= 0.3 is 0 Å². The summed E-state index contributed by atoms with van der Waals surface area (Å²) in [6.45, 7) is 10.0. The molecule has 1 aromatic rings. The first kappa shape index (κ1) is 11.8. The molecule has 0 radical (unpaired) electrons. The second-order valence-corrected chi connectivity index (χ2v) is 4.95. The minimum Gasteiger partial charge on any atom is -0.348 e. The molecule has 1 rings (SSSR count). The van der Waals surface area contributed by atoms with Crippen molar-refractivity contribution in [2.75, 3.05) is 6.54 Å². The fourth-order valence-electron chi connectivity index (χ4n) is 1.08. The second kappa shape index (κ2) is 4.53. The van der Waals surface area contributed by atoms with Gasteiger partial charge in [-0.05, 0) is 11.5 Å². The minimum atomic E-state index is -0.159. The van der Waals surface area contributed by atoms with E-state index in [2.05, 4.69) is 21.5 Å². The summed E-state index contributed by atoms with van der Waals surface area (Å²) < 4.78 is 3.82. The SMILES string of the molecule is C=CCNC(=O)c1snnc1C(C)(C)C. The van der Waals surface area contributed by atoms with Gasteiger partial charge in [0.05, 0.1) is 5.69 Å². The molecule has 0 fully saturated rings. The van der Waals surface area contributed by atoms with Gasteiger partial charge in [0.15, 0.2) is 0 Å². The molecule has 82 valence electrons. The van der Waals surface area contributed by atoms with Crippen molar-refractivity contribution >= 4 is 17.4 Å². The number of nitrogens with one attached hydrogen (secondary N) is 1. The summed E-state index contributed by atoms with van der Waals surface area (Å²) in [5, 5.41) is 6.72. The first-order valence-corrected chi connectivity index (χ1v) is 5.46. The average Bonchev–Trinajstić information content (AvgIpc) is 2.61. The van der Waals surface area contributed by atoms with Gasteiger partial charge in [0, 0.05) is 12.0 Å². The molecular formula is C10H15N3OS. The first-order valence-electron chi connectivity index (χ1n) is 4.68. The standard InChI is InChI=1S/C10H15N3OS/c1-5-6-11-9(14)7-8(10(2,3)4)12-13-15-7/h5H,1,6H2,2-4H3,(H,11,14). The summed E-state index contributed by atoms with van der Waals surface area (Å²) in [6, 6.07) is 0.